The van der Waals surface area contributed by atoms with E-state index >= 15 is 0 Å². The Morgan fingerprint density at radius 2 is 2.21 bits per heavy atom. The van der Waals surface area contributed by atoms with E-state index in [-0.39, 0.29) is 11.4 Å². The zero-order valence-corrected chi connectivity index (χ0v) is 12.2. The summed E-state index contributed by atoms with van der Waals surface area (Å²) in [5, 5.41) is 17.2. The van der Waals surface area contributed by atoms with Crippen molar-refractivity contribution in [1.82, 2.24) is 19.8 Å². The molecule has 0 bridgehead atoms. The number of hydrogen-bond acceptors (Lipinski definition) is 5. The Morgan fingerprint density at radius 3 is 2.68 bits per heavy atom. The van der Waals surface area contributed by atoms with Crippen molar-refractivity contribution in [3.8, 4) is 0 Å². The summed E-state index contributed by atoms with van der Waals surface area (Å²) in [6.45, 7) is 4.48. The molecule has 3 N–H and O–H groups in total. The van der Waals surface area contributed by atoms with Crippen molar-refractivity contribution in [2.24, 2.45) is 7.05 Å². The van der Waals surface area contributed by atoms with Gasteiger partial charge in [0, 0.05) is 20.1 Å². The van der Waals surface area contributed by atoms with Crippen LogP contribution in [0, 0.1) is 13.8 Å². The molecule has 19 heavy (non-hydrogen) atoms. The molecule has 1 unspecified atom stereocenters. The number of aryl methyl sites for hydroxylation is 2. The van der Waals surface area contributed by atoms with Gasteiger partial charge in [0.15, 0.2) is 0 Å². The minimum absolute atomic E-state index is 0.0100. The Hall–Kier alpha value is -0.960. The van der Waals surface area contributed by atoms with Crippen LogP contribution in [0.1, 0.15) is 17.8 Å². The lowest BCUT2D eigenvalue weighted by atomic mass is 10.1. The van der Waals surface area contributed by atoms with Gasteiger partial charge < -0.3 is 10.4 Å². The maximum atomic E-state index is 12.3. The van der Waals surface area contributed by atoms with Crippen LogP contribution in [0.4, 0.5) is 0 Å². The van der Waals surface area contributed by atoms with Gasteiger partial charge in [-0.3, -0.25) is 4.68 Å². The lowest BCUT2D eigenvalue weighted by Gasteiger charge is -2.21. The average molecular weight is 288 g/mol. The first-order valence-electron chi connectivity index (χ1n) is 6.18. The van der Waals surface area contributed by atoms with Crippen molar-refractivity contribution >= 4 is 10.0 Å². The molecule has 1 aromatic rings. The van der Waals surface area contributed by atoms with Gasteiger partial charge in [-0.1, -0.05) is 0 Å². The second kappa shape index (κ2) is 4.86. The van der Waals surface area contributed by atoms with Crippen LogP contribution in [0.5, 0.6) is 0 Å². The monoisotopic (exact) mass is 288 g/mol. The van der Waals surface area contributed by atoms with Crippen LogP contribution in [0.3, 0.4) is 0 Å². The molecule has 1 saturated heterocycles. The molecule has 0 aromatic carbocycles. The maximum absolute atomic E-state index is 12.3. The number of β-amino-alcohol motifs (C(OH)–C–C–N with tert-alkyl or cyclic N) is 1. The largest absolute Gasteiger partial charge is 0.387 e. The summed E-state index contributed by atoms with van der Waals surface area (Å²) in [6, 6.07) is 0. The Kier molecular flexibility index (Phi) is 3.69. The Bertz CT molecular complexity index is 573. The van der Waals surface area contributed by atoms with Crippen LogP contribution in [-0.4, -0.2) is 48.5 Å². The van der Waals surface area contributed by atoms with E-state index in [9.17, 15) is 13.5 Å². The first-order chi connectivity index (χ1) is 8.75. The molecule has 0 radical (unpaired) electrons. The van der Waals surface area contributed by atoms with Gasteiger partial charge in [0.2, 0.25) is 10.0 Å². The molecule has 0 amide bonds. The lowest BCUT2D eigenvalue weighted by molar-refractivity contribution is 0.0667. The first kappa shape index (κ1) is 14.4. The zero-order valence-electron chi connectivity index (χ0n) is 11.4. The molecular weight excluding hydrogens is 268 g/mol. The van der Waals surface area contributed by atoms with E-state index < -0.39 is 15.6 Å². The molecule has 2 heterocycles. The van der Waals surface area contributed by atoms with E-state index in [1.54, 1.807) is 20.9 Å². The van der Waals surface area contributed by atoms with Gasteiger partial charge in [-0.2, -0.15) is 5.10 Å². The molecule has 1 atom stereocenters. The van der Waals surface area contributed by atoms with Gasteiger partial charge in [-0.05, 0) is 26.8 Å². The highest BCUT2D eigenvalue weighted by atomic mass is 32.2. The van der Waals surface area contributed by atoms with Crippen molar-refractivity contribution in [3.63, 3.8) is 0 Å². The van der Waals surface area contributed by atoms with Gasteiger partial charge in [0.1, 0.15) is 4.90 Å². The highest BCUT2D eigenvalue weighted by Gasteiger charge is 2.33. The van der Waals surface area contributed by atoms with Crippen molar-refractivity contribution in [3.05, 3.63) is 11.4 Å². The normalized spacial score (nSPS) is 24.0. The molecule has 1 aromatic heterocycles. The van der Waals surface area contributed by atoms with Crippen LogP contribution in [-0.2, 0) is 17.1 Å². The predicted molar refractivity (Wildman–Crippen MR) is 70.3 cm³/mol. The van der Waals surface area contributed by atoms with Crippen molar-refractivity contribution < 1.29 is 13.5 Å². The molecule has 7 nitrogen and oxygen atoms in total. The summed E-state index contributed by atoms with van der Waals surface area (Å²) in [6.07, 6.45) is 0.542. The summed E-state index contributed by atoms with van der Waals surface area (Å²) in [5.74, 6) is 0. The summed E-state index contributed by atoms with van der Waals surface area (Å²) < 4.78 is 28.6. The molecule has 1 aliphatic heterocycles. The van der Waals surface area contributed by atoms with Gasteiger partial charge in [-0.15, -0.1) is 0 Å². The highest BCUT2D eigenvalue weighted by Crippen LogP contribution is 2.20. The zero-order chi connectivity index (χ0) is 14.3. The third-order valence-corrected chi connectivity index (χ3v) is 5.18. The van der Waals surface area contributed by atoms with E-state index in [4.69, 9.17) is 0 Å². The fourth-order valence-electron chi connectivity index (χ4n) is 2.33. The number of nitrogens with one attached hydrogen (secondary N) is 2. The molecule has 0 aliphatic carbocycles. The Balaban J connectivity index is 2.19. The van der Waals surface area contributed by atoms with Crippen molar-refractivity contribution in [2.75, 3.05) is 19.6 Å². The molecular formula is C11H20N4O3S. The van der Waals surface area contributed by atoms with Gasteiger partial charge >= 0.3 is 0 Å². The molecule has 0 spiro atoms. The highest BCUT2D eigenvalue weighted by molar-refractivity contribution is 7.89. The molecule has 2 rings (SSSR count). The lowest BCUT2D eigenvalue weighted by Crippen LogP contribution is -2.44. The third-order valence-electron chi connectivity index (χ3n) is 3.52. The number of aliphatic hydroxyl groups is 1. The van der Waals surface area contributed by atoms with Gasteiger partial charge in [0.25, 0.3) is 0 Å². The molecule has 8 heteroatoms. The van der Waals surface area contributed by atoms with Crippen LogP contribution in [0.2, 0.25) is 0 Å². The summed E-state index contributed by atoms with van der Waals surface area (Å²) in [7, 11) is -1.94. The fourth-order valence-corrected chi connectivity index (χ4v) is 3.88. The summed E-state index contributed by atoms with van der Waals surface area (Å²) in [4.78, 5) is 0.199. The maximum Gasteiger partial charge on any atom is 0.244 e. The molecule has 0 saturated carbocycles. The van der Waals surface area contributed by atoms with Crippen LogP contribution < -0.4 is 10.0 Å². The molecule has 1 aliphatic rings. The van der Waals surface area contributed by atoms with E-state index in [2.05, 4.69) is 15.1 Å². The number of rotatable bonds is 4. The standard InChI is InChI=1S/C11H20N4O3S/c1-8-10(9(2)15(3)14-8)19(17,18)13-7-11(16)4-5-12-6-11/h12-13,16H,4-7H2,1-3H3. The minimum Gasteiger partial charge on any atom is -0.387 e. The van der Waals surface area contributed by atoms with Crippen molar-refractivity contribution in [1.29, 1.82) is 0 Å². The average Bonchev–Trinajstić information content (AvgIpc) is 2.83. The second-order valence-corrected chi connectivity index (χ2v) is 6.80. The number of nitrogens with zero attached hydrogens (tertiary/aromatic N) is 2. The van der Waals surface area contributed by atoms with Gasteiger partial charge in [-0.25, -0.2) is 13.1 Å². The number of hydrogen-bond donors (Lipinski definition) is 3. The predicted octanol–water partition coefficient (Wildman–Crippen LogP) is -0.960. The minimum atomic E-state index is -3.65. The number of aromatic nitrogens is 2. The van der Waals surface area contributed by atoms with E-state index in [1.807, 2.05) is 0 Å². The third kappa shape index (κ3) is 2.81. The first-order valence-corrected chi connectivity index (χ1v) is 7.66. The smallest absolute Gasteiger partial charge is 0.244 e. The van der Waals surface area contributed by atoms with Crippen LogP contribution in [0.15, 0.2) is 4.90 Å². The second-order valence-electron chi connectivity index (χ2n) is 5.10. The summed E-state index contributed by atoms with van der Waals surface area (Å²) >= 11 is 0. The van der Waals surface area contributed by atoms with Crippen LogP contribution >= 0.6 is 0 Å². The molecule has 1 fully saturated rings. The quantitative estimate of drug-likeness (QED) is 0.663. The topological polar surface area (TPSA) is 96.2 Å². The van der Waals surface area contributed by atoms with Crippen LogP contribution in [0.25, 0.3) is 0 Å². The van der Waals surface area contributed by atoms with E-state index in [0.717, 1.165) is 0 Å². The Morgan fingerprint density at radius 1 is 1.53 bits per heavy atom. The van der Waals surface area contributed by atoms with E-state index in [0.29, 0.717) is 30.9 Å². The SMILES string of the molecule is Cc1nn(C)c(C)c1S(=O)(=O)NCC1(O)CCNC1. The van der Waals surface area contributed by atoms with Crippen molar-refractivity contribution in [2.45, 2.75) is 30.8 Å². The number of sulfonamides is 1. The van der Waals surface area contributed by atoms with Gasteiger partial charge in [0.05, 0.1) is 17.0 Å². The fraction of sp³-hybridized carbons (Fsp3) is 0.727. The molecule has 108 valence electrons. The van der Waals surface area contributed by atoms with E-state index in [1.165, 1.54) is 4.68 Å². The Labute approximate surface area is 113 Å². The summed E-state index contributed by atoms with van der Waals surface area (Å²) in [5.41, 5.74) is 0.0439.